The molecule has 3 rings (SSSR count). The zero-order valence-electron chi connectivity index (χ0n) is 10.3. The molecular formula is C18H16. The normalized spacial score (nSPS) is 22.0. The van der Waals surface area contributed by atoms with Crippen molar-refractivity contribution < 1.29 is 0 Å². The molecule has 0 fully saturated rings. The first-order chi connectivity index (χ1) is 8.95. The molecule has 1 aliphatic rings. The van der Waals surface area contributed by atoms with Gasteiger partial charge in [0.15, 0.2) is 0 Å². The first kappa shape index (κ1) is 11.1. The van der Waals surface area contributed by atoms with Gasteiger partial charge in [0.25, 0.3) is 0 Å². The van der Waals surface area contributed by atoms with Crippen molar-refractivity contribution >= 4 is 0 Å². The molecule has 2 unspecified atom stereocenters. The van der Waals surface area contributed by atoms with Crippen LogP contribution in [-0.4, -0.2) is 0 Å². The zero-order chi connectivity index (χ0) is 12.2. The molecule has 0 heteroatoms. The van der Waals surface area contributed by atoms with Gasteiger partial charge in [-0.15, -0.1) is 5.73 Å². The number of rotatable bonds is 2. The summed E-state index contributed by atoms with van der Waals surface area (Å²) >= 11 is 0. The standard InChI is InChI=1S/C18H16/c1-3-9-15(10-4-1)17-13-7-8-14-18(17)16-11-5-2-6-12-16/h1-7,9-12,14,17-18H,13H2. The lowest BCUT2D eigenvalue weighted by molar-refractivity contribution is 0.617. The molecule has 0 aromatic heterocycles. The van der Waals surface area contributed by atoms with Gasteiger partial charge < -0.3 is 0 Å². The van der Waals surface area contributed by atoms with Crippen LogP contribution in [0.5, 0.6) is 0 Å². The minimum Gasteiger partial charge on any atom is -0.129 e. The third kappa shape index (κ3) is 2.16. The molecule has 88 valence electrons. The maximum atomic E-state index is 3.28. The third-order valence-electron chi connectivity index (χ3n) is 3.61. The Morgan fingerprint density at radius 2 is 1.39 bits per heavy atom. The molecule has 0 spiro atoms. The maximum absolute atomic E-state index is 3.28. The molecule has 2 aromatic rings. The van der Waals surface area contributed by atoms with Gasteiger partial charge in [-0.2, -0.15) is 0 Å². The lowest BCUT2D eigenvalue weighted by Crippen LogP contribution is -2.10. The van der Waals surface area contributed by atoms with E-state index in [1.165, 1.54) is 11.1 Å². The van der Waals surface area contributed by atoms with Crippen molar-refractivity contribution in [3.8, 4) is 0 Å². The molecule has 0 saturated carbocycles. The molecule has 0 aliphatic heterocycles. The molecule has 0 bridgehead atoms. The minimum atomic E-state index is 0.443. The summed E-state index contributed by atoms with van der Waals surface area (Å²) in [6.07, 6.45) is 5.42. The van der Waals surface area contributed by atoms with Crippen LogP contribution >= 0.6 is 0 Å². The van der Waals surface area contributed by atoms with Crippen LogP contribution in [0, 0.1) is 0 Å². The van der Waals surface area contributed by atoms with E-state index in [0.29, 0.717) is 11.8 Å². The van der Waals surface area contributed by atoms with E-state index < -0.39 is 0 Å². The van der Waals surface area contributed by atoms with Crippen LogP contribution in [0.15, 0.2) is 78.5 Å². The van der Waals surface area contributed by atoms with Gasteiger partial charge in [0.1, 0.15) is 0 Å². The van der Waals surface area contributed by atoms with E-state index >= 15 is 0 Å². The van der Waals surface area contributed by atoms with E-state index in [1.807, 2.05) is 0 Å². The number of allylic oxidation sites excluding steroid dienone is 1. The highest BCUT2D eigenvalue weighted by atomic mass is 14.3. The Hall–Kier alpha value is -2.04. The molecule has 0 saturated heterocycles. The van der Waals surface area contributed by atoms with E-state index in [0.717, 1.165) is 6.42 Å². The summed E-state index contributed by atoms with van der Waals surface area (Å²) in [7, 11) is 0. The molecule has 2 aromatic carbocycles. The van der Waals surface area contributed by atoms with Crippen molar-refractivity contribution in [1.82, 2.24) is 0 Å². The number of benzene rings is 2. The predicted molar refractivity (Wildman–Crippen MR) is 75.6 cm³/mol. The molecule has 1 aliphatic carbocycles. The Morgan fingerprint density at radius 3 is 2.06 bits per heavy atom. The zero-order valence-corrected chi connectivity index (χ0v) is 10.3. The lowest BCUT2D eigenvalue weighted by Gasteiger charge is -2.26. The summed E-state index contributed by atoms with van der Waals surface area (Å²) in [6.45, 7) is 0. The largest absolute Gasteiger partial charge is 0.129 e. The highest BCUT2D eigenvalue weighted by molar-refractivity contribution is 5.34. The van der Waals surface area contributed by atoms with Crippen molar-refractivity contribution in [3.63, 3.8) is 0 Å². The van der Waals surface area contributed by atoms with E-state index in [-0.39, 0.29) is 0 Å². The number of hydrogen-bond donors (Lipinski definition) is 0. The molecule has 0 heterocycles. The van der Waals surface area contributed by atoms with Gasteiger partial charge in [0.05, 0.1) is 0 Å². The van der Waals surface area contributed by atoms with E-state index in [9.17, 15) is 0 Å². The van der Waals surface area contributed by atoms with Crippen LogP contribution in [-0.2, 0) is 0 Å². The van der Waals surface area contributed by atoms with Gasteiger partial charge in [-0.05, 0) is 35.6 Å². The van der Waals surface area contributed by atoms with Crippen molar-refractivity contribution in [1.29, 1.82) is 0 Å². The smallest absolute Gasteiger partial charge is 0.0166 e. The Balaban J connectivity index is 1.98. The fourth-order valence-electron chi connectivity index (χ4n) is 2.68. The molecule has 0 nitrogen and oxygen atoms in total. The molecular weight excluding hydrogens is 216 g/mol. The van der Waals surface area contributed by atoms with Gasteiger partial charge in [0.2, 0.25) is 0 Å². The summed E-state index contributed by atoms with van der Waals surface area (Å²) < 4.78 is 0. The predicted octanol–water partition coefficient (Wildman–Crippen LogP) is 4.67. The highest BCUT2D eigenvalue weighted by Crippen LogP contribution is 2.38. The summed E-state index contributed by atoms with van der Waals surface area (Å²) in [5.41, 5.74) is 6.08. The average Bonchev–Trinajstić information content (AvgIpc) is 2.49. The Kier molecular flexibility index (Phi) is 3.12. The second-order valence-electron chi connectivity index (χ2n) is 4.73. The summed E-state index contributed by atoms with van der Waals surface area (Å²) in [4.78, 5) is 0. The minimum absolute atomic E-state index is 0.443. The van der Waals surface area contributed by atoms with Gasteiger partial charge in [-0.25, -0.2) is 0 Å². The van der Waals surface area contributed by atoms with Crippen molar-refractivity contribution in [3.05, 3.63) is 89.7 Å². The van der Waals surface area contributed by atoms with Crippen LogP contribution in [0.25, 0.3) is 0 Å². The van der Waals surface area contributed by atoms with Crippen LogP contribution in [0.2, 0.25) is 0 Å². The molecule has 18 heavy (non-hydrogen) atoms. The van der Waals surface area contributed by atoms with Gasteiger partial charge in [0, 0.05) is 5.92 Å². The Bertz CT molecular complexity index is 560. The summed E-state index contributed by atoms with van der Waals surface area (Å²) in [5, 5.41) is 0. The first-order valence-electron chi connectivity index (χ1n) is 6.46. The quantitative estimate of drug-likeness (QED) is 0.660. The molecule has 0 radical (unpaired) electrons. The van der Waals surface area contributed by atoms with E-state index in [1.54, 1.807) is 0 Å². The van der Waals surface area contributed by atoms with Crippen LogP contribution in [0.3, 0.4) is 0 Å². The van der Waals surface area contributed by atoms with E-state index in [4.69, 9.17) is 0 Å². The summed E-state index contributed by atoms with van der Waals surface area (Å²) in [6, 6.07) is 21.5. The van der Waals surface area contributed by atoms with Gasteiger partial charge >= 0.3 is 0 Å². The molecule has 0 N–H and O–H groups in total. The second kappa shape index (κ2) is 5.08. The van der Waals surface area contributed by atoms with Crippen molar-refractivity contribution in [2.75, 3.05) is 0 Å². The Labute approximate surface area is 108 Å². The third-order valence-corrected chi connectivity index (χ3v) is 3.61. The van der Waals surface area contributed by atoms with Gasteiger partial charge in [-0.3, -0.25) is 0 Å². The van der Waals surface area contributed by atoms with Crippen molar-refractivity contribution in [2.45, 2.75) is 18.3 Å². The van der Waals surface area contributed by atoms with E-state index in [2.05, 4.69) is 78.5 Å². The summed E-state index contributed by atoms with van der Waals surface area (Å²) in [5.74, 6) is 0.980. The van der Waals surface area contributed by atoms with Crippen LogP contribution in [0.1, 0.15) is 29.4 Å². The highest BCUT2D eigenvalue weighted by Gasteiger charge is 2.23. The monoisotopic (exact) mass is 232 g/mol. The fraction of sp³-hybridized carbons (Fsp3) is 0.167. The molecule has 2 atom stereocenters. The molecule has 0 amide bonds. The fourth-order valence-corrected chi connectivity index (χ4v) is 2.68. The maximum Gasteiger partial charge on any atom is 0.0166 e. The van der Waals surface area contributed by atoms with Crippen LogP contribution < -0.4 is 0 Å². The SMILES string of the molecule is C1=CCC(c2ccccc2)C(c2ccccc2)C=1. The van der Waals surface area contributed by atoms with Crippen LogP contribution in [0.4, 0.5) is 0 Å². The second-order valence-corrected chi connectivity index (χ2v) is 4.73. The lowest BCUT2D eigenvalue weighted by atomic mass is 9.78. The average molecular weight is 232 g/mol. The van der Waals surface area contributed by atoms with Crippen molar-refractivity contribution in [2.24, 2.45) is 0 Å². The van der Waals surface area contributed by atoms with Gasteiger partial charge in [-0.1, -0.05) is 60.7 Å². The topological polar surface area (TPSA) is 0 Å². The Morgan fingerprint density at radius 1 is 0.778 bits per heavy atom. The number of hydrogen-bond acceptors (Lipinski definition) is 0. The first-order valence-corrected chi connectivity index (χ1v) is 6.46.